The monoisotopic (exact) mass is 235 g/mol. The second-order valence-electron chi connectivity index (χ2n) is 4.71. The normalized spacial score (nSPS) is 14.3. The summed E-state index contributed by atoms with van der Waals surface area (Å²) in [5.41, 5.74) is 8.27. The van der Waals surface area contributed by atoms with Gasteiger partial charge in [0.15, 0.2) is 0 Å². The Labute approximate surface area is 103 Å². The third kappa shape index (κ3) is 3.22. The van der Waals surface area contributed by atoms with Crippen LogP contribution in [0.1, 0.15) is 43.7 Å². The molecular weight excluding hydrogens is 214 g/mol. The van der Waals surface area contributed by atoms with Crippen LogP contribution in [0.25, 0.3) is 0 Å². The fourth-order valence-corrected chi connectivity index (χ4v) is 2.27. The van der Waals surface area contributed by atoms with Gasteiger partial charge in [-0.3, -0.25) is 4.79 Å². The maximum absolute atomic E-state index is 11.4. The van der Waals surface area contributed by atoms with Crippen LogP contribution in [0.15, 0.2) is 18.2 Å². The highest BCUT2D eigenvalue weighted by Crippen LogP contribution is 2.32. The van der Waals surface area contributed by atoms with Gasteiger partial charge in [-0.25, -0.2) is 0 Å². The summed E-state index contributed by atoms with van der Waals surface area (Å²) in [6.45, 7) is 5.99. The second kappa shape index (κ2) is 5.71. The van der Waals surface area contributed by atoms with Crippen LogP contribution in [0.2, 0.25) is 0 Å². The van der Waals surface area contributed by atoms with E-state index in [9.17, 15) is 9.90 Å². The number of nitrogen functional groups attached to an aromatic ring is 1. The van der Waals surface area contributed by atoms with Crippen molar-refractivity contribution in [2.45, 2.75) is 39.5 Å². The van der Waals surface area contributed by atoms with Crippen molar-refractivity contribution in [3.05, 3.63) is 29.3 Å². The van der Waals surface area contributed by atoms with Gasteiger partial charge in [0.1, 0.15) is 0 Å². The predicted molar refractivity (Wildman–Crippen MR) is 70.0 cm³/mol. The van der Waals surface area contributed by atoms with Crippen molar-refractivity contribution in [2.75, 3.05) is 5.73 Å². The van der Waals surface area contributed by atoms with Gasteiger partial charge in [-0.05, 0) is 30.9 Å². The second-order valence-corrected chi connectivity index (χ2v) is 4.71. The molecule has 0 aliphatic carbocycles. The van der Waals surface area contributed by atoms with Crippen LogP contribution in [-0.2, 0) is 4.79 Å². The van der Waals surface area contributed by atoms with Crippen molar-refractivity contribution in [2.24, 2.45) is 5.92 Å². The Morgan fingerprint density at radius 1 is 1.47 bits per heavy atom. The molecule has 0 saturated carbocycles. The van der Waals surface area contributed by atoms with Crippen LogP contribution in [0.4, 0.5) is 5.69 Å². The average molecular weight is 235 g/mol. The number of nitrogens with two attached hydrogens (primary N) is 1. The van der Waals surface area contributed by atoms with Crippen molar-refractivity contribution >= 4 is 11.7 Å². The summed E-state index contributed by atoms with van der Waals surface area (Å²) in [5, 5.41) is 9.38. The molecule has 1 aromatic rings. The van der Waals surface area contributed by atoms with Crippen LogP contribution < -0.4 is 5.73 Å². The molecular formula is C14H21NO2. The number of aryl methyl sites for hydroxylation is 1. The van der Waals surface area contributed by atoms with Gasteiger partial charge < -0.3 is 10.8 Å². The molecule has 0 aliphatic rings. The summed E-state index contributed by atoms with van der Waals surface area (Å²) >= 11 is 0. The van der Waals surface area contributed by atoms with Gasteiger partial charge in [0.05, 0.1) is 5.92 Å². The minimum absolute atomic E-state index is 0.0987. The number of benzene rings is 1. The molecule has 0 heterocycles. The first-order chi connectivity index (χ1) is 7.97. The van der Waals surface area contributed by atoms with E-state index in [4.69, 9.17) is 5.73 Å². The van der Waals surface area contributed by atoms with Crippen LogP contribution in [0.5, 0.6) is 0 Å². The fourth-order valence-electron chi connectivity index (χ4n) is 2.27. The molecule has 1 aromatic carbocycles. The molecule has 2 unspecified atom stereocenters. The molecule has 94 valence electrons. The largest absolute Gasteiger partial charge is 0.481 e. The Morgan fingerprint density at radius 3 is 2.65 bits per heavy atom. The topological polar surface area (TPSA) is 63.3 Å². The van der Waals surface area contributed by atoms with Crippen molar-refractivity contribution in [3.63, 3.8) is 0 Å². The summed E-state index contributed by atoms with van der Waals surface area (Å²) in [6, 6.07) is 5.59. The summed E-state index contributed by atoms with van der Waals surface area (Å²) in [7, 11) is 0. The van der Waals surface area contributed by atoms with Crippen LogP contribution in [0, 0.1) is 12.8 Å². The summed E-state index contributed by atoms with van der Waals surface area (Å²) in [6.07, 6.45) is 1.88. The Morgan fingerprint density at radius 2 is 2.12 bits per heavy atom. The molecule has 0 aliphatic heterocycles. The number of carboxylic acid groups (broad SMARTS) is 1. The third-order valence-electron chi connectivity index (χ3n) is 3.16. The first-order valence-corrected chi connectivity index (χ1v) is 6.06. The highest BCUT2D eigenvalue weighted by atomic mass is 16.4. The highest BCUT2D eigenvalue weighted by molar-refractivity contribution is 5.79. The summed E-state index contributed by atoms with van der Waals surface area (Å²) in [5.74, 6) is -1.19. The Balaban J connectivity index is 3.13. The molecule has 0 aromatic heterocycles. The quantitative estimate of drug-likeness (QED) is 0.770. The molecule has 0 fully saturated rings. The van der Waals surface area contributed by atoms with Gasteiger partial charge in [0.25, 0.3) is 0 Å². The lowest BCUT2D eigenvalue weighted by Crippen LogP contribution is -2.20. The van der Waals surface area contributed by atoms with E-state index in [1.54, 1.807) is 6.07 Å². The van der Waals surface area contributed by atoms with Crippen molar-refractivity contribution in [1.82, 2.24) is 0 Å². The minimum Gasteiger partial charge on any atom is -0.481 e. The van der Waals surface area contributed by atoms with Gasteiger partial charge in [0, 0.05) is 5.69 Å². The lowest BCUT2D eigenvalue weighted by Gasteiger charge is -2.22. The maximum atomic E-state index is 11.4. The number of hydrogen-bond acceptors (Lipinski definition) is 2. The van der Waals surface area contributed by atoms with E-state index >= 15 is 0 Å². The molecule has 1 rings (SSSR count). The molecule has 0 amide bonds. The number of rotatable bonds is 5. The number of hydrogen-bond donors (Lipinski definition) is 2. The van der Waals surface area contributed by atoms with E-state index in [1.807, 2.05) is 26.0 Å². The summed E-state index contributed by atoms with van der Waals surface area (Å²) in [4.78, 5) is 11.4. The predicted octanol–water partition coefficient (Wildman–Crippen LogP) is 3.18. The zero-order valence-electron chi connectivity index (χ0n) is 10.7. The Hall–Kier alpha value is -1.51. The minimum atomic E-state index is -0.789. The smallest absolute Gasteiger partial charge is 0.311 e. The Kier molecular flexibility index (Phi) is 4.55. The van der Waals surface area contributed by atoms with Gasteiger partial charge >= 0.3 is 5.97 Å². The first-order valence-electron chi connectivity index (χ1n) is 6.06. The standard InChI is InChI=1S/C14H21NO2/c1-4-5-10(3)13(14(16)17)11-8-9(2)6-7-12(11)15/h6-8,10,13H,4-5,15H2,1-3H3,(H,16,17). The van der Waals surface area contributed by atoms with Crippen molar-refractivity contribution < 1.29 is 9.90 Å². The zero-order chi connectivity index (χ0) is 13.0. The van der Waals surface area contributed by atoms with E-state index in [2.05, 4.69) is 6.92 Å². The van der Waals surface area contributed by atoms with E-state index in [1.165, 1.54) is 0 Å². The average Bonchev–Trinajstić information content (AvgIpc) is 2.23. The fraction of sp³-hybridized carbons (Fsp3) is 0.500. The molecule has 2 atom stereocenters. The van der Waals surface area contributed by atoms with Crippen molar-refractivity contribution in [1.29, 1.82) is 0 Å². The van der Waals surface area contributed by atoms with E-state index in [0.717, 1.165) is 24.0 Å². The molecule has 17 heavy (non-hydrogen) atoms. The van der Waals surface area contributed by atoms with E-state index in [-0.39, 0.29) is 5.92 Å². The molecule has 0 spiro atoms. The highest BCUT2D eigenvalue weighted by Gasteiger charge is 2.27. The number of carbonyl (C=O) groups is 1. The number of anilines is 1. The van der Waals surface area contributed by atoms with Crippen LogP contribution >= 0.6 is 0 Å². The van der Waals surface area contributed by atoms with Crippen LogP contribution in [-0.4, -0.2) is 11.1 Å². The summed E-state index contributed by atoms with van der Waals surface area (Å²) < 4.78 is 0. The van der Waals surface area contributed by atoms with Crippen molar-refractivity contribution in [3.8, 4) is 0 Å². The van der Waals surface area contributed by atoms with Crippen LogP contribution in [0.3, 0.4) is 0 Å². The van der Waals surface area contributed by atoms with Gasteiger partial charge in [0.2, 0.25) is 0 Å². The van der Waals surface area contributed by atoms with Gasteiger partial charge in [-0.15, -0.1) is 0 Å². The molecule has 3 heteroatoms. The molecule has 0 saturated heterocycles. The molecule has 3 N–H and O–H groups in total. The SMILES string of the molecule is CCCC(C)C(C(=O)O)c1cc(C)ccc1N. The number of carboxylic acids is 1. The maximum Gasteiger partial charge on any atom is 0.311 e. The molecule has 0 bridgehead atoms. The Bertz CT molecular complexity index is 401. The molecule has 0 radical (unpaired) electrons. The lowest BCUT2D eigenvalue weighted by atomic mass is 9.83. The zero-order valence-corrected chi connectivity index (χ0v) is 10.7. The van der Waals surface area contributed by atoms with Gasteiger partial charge in [-0.1, -0.05) is 38.0 Å². The molecule has 3 nitrogen and oxygen atoms in total. The first kappa shape index (κ1) is 13.6. The van der Waals surface area contributed by atoms with E-state index in [0.29, 0.717) is 5.69 Å². The lowest BCUT2D eigenvalue weighted by molar-refractivity contribution is -0.140. The third-order valence-corrected chi connectivity index (χ3v) is 3.16. The van der Waals surface area contributed by atoms with E-state index < -0.39 is 11.9 Å². The van der Waals surface area contributed by atoms with Gasteiger partial charge in [-0.2, -0.15) is 0 Å². The number of aliphatic carboxylic acids is 1.